The van der Waals surface area contributed by atoms with Gasteiger partial charge in [-0.15, -0.1) is 0 Å². The van der Waals surface area contributed by atoms with E-state index >= 15 is 0 Å². The van der Waals surface area contributed by atoms with E-state index in [-0.39, 0.29) is 19.6 Å². The monoisotopic (exact) mass is 317 g/mol. The Morgan fingerprint density at radius 3 is 2.06 bits per heavy atom. The Balaban J connectivity index is 0.000000351. The lowest BCUT2D eigenvalue weighted by molar-refractivity contribution is -0.153. The predicted molar refractivity (Wildman–Crippen MR) is 69.8 cm³/mol. The van der Waals surface area contributed by atoms with E-state index in [4.69, 9.17) is 0 Å². The van der Waals surface area contributed by atoms with Crippen molar-refractivity contribution >= 4 is 27.9 Å². The number of aromatic nitrogens is 1. The maximum Gasteiger partial charge on any atom is 0.317 e. The molecule has 1 aromatic heterocycles. The van der Waals surface area contributed by atoms with Gasteiger partial charge in [-0.05, 0) is 41.9 Å². The number of nitrogens with zero attached hydrogens (tertiary/aromatic N) is 1. The SMILES string of the molecule is Brc1cccnc1.CCOC(=O)CC(=O)OCC. The van der Waals surface area contributed by atoms with Crippen molar-refractivity contribution in [3.05, 3.63) is 29.0 Å². The molecule has 1 rings (SSSR count). The van der Waals surface area contributed by atoms with Gasteiger partial charge in [0.25, 0.3) is 0 Å². The van der Waals surface area contributed by atoms with Crippen LogP contribution in [0.3, 0.4) is 0 Å². The third kappa shape index (κ3) is 9.77. The van der Waals surface area contributed by atoms with Crippen LogP contribution in [-0.4, -0.2) is 30.1 Å². The van der Waals surface area contributed by atoms with E-state index in [1.165, 1.54) is 0 Å². The van der Waals surface area contributed by atoms with Gasteiger partial charge in [-0.3, -0.25) is 14.6 Å². The summed E-state index contributed by atoms with van der Waals surface area (Å²) in [6.07, 6.45) is 3.20. The summed E-state index contributed by atoms with van der Waals surface area (Å²) in [4.78, 5) is 25.0. The summed E-state index contributed by atoms with van der Waals surface area (Å²) >= 11 is 3.25. The van der Waals surface area contributed by atoms with Crippen molar-refractivity contribution < 1.29 is 19.1 Å². The molecular weight excluding hydrogens is 302 g/mol. The summed E-state index contributed by atoms with van der Waals surface area (Å²) in [5.74, 6) is -1.07. The summed E-state index contributed by atoms with van der Waals surface area (Å²) in [5, 5.41) is 0. The highest BCUT2D eigenvalue weighted by Gasteiger charge is 2.09. The first kappa shape index (κ1) is 16.6. The van der Waals surface area contributed by atoms with Gasteiger partial charge >= 0.3 is 11.9 Å². The Bertz CT molecular complexity index is 340. The number of hydrogen-bond acceptors (Lipinski definition) is 5. The van der Waals surface area contributed by atoms with E-state index in [9.17, 15) is 9.59 Å². The molecule has 0 unspecified atom stereocenters. The number of carbonyl (C=O) groups excluding carboxylic acids is 2. The van der Waals surface area contributed by atoms with Crippen molar-refractivity contribution in [1.82, 2.24) is 4.98 Å². The fraction of sp³-hybridized carbons (Fsp3) is 0.417. The van der Waals surface area contributed by atoms with Crippen molar-refractivity contribution in [2.24, 2.45) is 0 Å². The molecule has 0 atom stereocenters. The standard InChI is InChI=1S/C7H12O4.C5H4BrN/c1-3-10-6(8)5-7(9)11-4-2;6-5-2-1-3-7-4-5/h3-5H2,1-2H3;1-4H. The molecule has 0 spiro atoms. The molecule has 0 aliphatic rings. The zero-order chi connectivity index (χ0) is 13.8. The van der Waals surface area contributed by atoms with E-state index in [2.05, 4.69) is 30.4 Å². The highest BCUT2D eigenvalue weighted by molar-refractivity contribution is 9.10. The molecule has 1 heterocycles. The summed E-state index contributed by atoms with van der Waals surface area (Å²) in [5.41, 5.74) is 0. The smallest absolute Gasteiger partial charge is 0.317 e. The van der Waals surface area contributed by atoms with Gasteiger partial charge in [-0.1, -0.05) is 0 Å². The van der Waals surface area contributed by atoms with Crippen LogP contribution in [0.15, 0.2) is 29.0 Å². The molecule has 0 aliphatic heterocycles. The van der Waals surface area contributed by atoms with Crippen molar-refractivity contribution in [2.45, 2.75) is 20.3 Å². The summed E-state index contributed by atoms with van der Waals surface area (Å²) < 4.78 is 10.1. The number of hydrogen-bond donors (Lipinski definition) is 0. The van der Waals surface area contributed by atoms with E-state index in [1.54, 1.807) is 26.2 Å². The number of esters is 2. The van der Waals surface area contributed by atoms with Crippen LogP contribution in [-0.2, 0) is 19.1 Å². The largest absolute Gasteiger partial charge is 0.466 e. The summed E-state index contributed by atoms with van der Waals surface area (Å²) in [6, 6.07) is 3.82. The lowest BCUT2D eigenvalue weighted by Crippen LogP contribution is -2.13. The third-order valence-electron chi connectivity index (χ3n) is 1.52. The molecule has 0 fully saturated rings. The van der Waals surface area contributed by atoms with Gasteiger partial charge < -0.3 is 9.47 Å². The first-order valence-corrected chi connectivity index (χ1v) is 6.26. The molecule has 0 aliphatic carbocycles. The molecule has 0 N–H and O–H groups in total. The molecule has 0 aromatic carbocycles. The van der Waals surface area contributed by atoms with Crippen molar-refractivity contribution in [3.8, 4) is 0 Å². The van der Waals surface area contributed by atoms with E-state index in [1.807, 2.05) is 12.1 Å². The maximum atomic E-state index is 10.6. The molecule has 5 nitrogen and oxygen atoms in total. The molecule has 0 saturated carbocycles. The number of halogens is 1. The second-order valence-corrected chi connectivity index (χ2v) is 3.87. The maximum absolute atomic E-state index is 10.6. The van der Waals surface area contributed by atoms with Crippen LogP contribution in [0, 0.1) is 0 Å². The van der Waals surface area contributed by atoms with Crippen LogP contribution < -0.4 is 0 Å². The number of rotatable bonds is 4. The Morgan fingerprint density at radius 2 is 1.78 bits per heavy atom. The molecule has 100 valence electrons. The second-order valence-electron chi connectivity index (χ2n) is 2.96. The van der Waals surface area contributed by atoms with Gasteiger partial charge in [0, 0.05) is 16.9 Å². The van der Waals surface area contributed by atoms with Crippen molar-refractivity contribution in [1.29, 1.82) is 0 Å². The molecule has 0 saturated heterocycles. The molecule has 18 heavy (non-hydrogen) atoms. The van der Waals surface area contributed by atoms with Gasteiger partial charge in [0.1, 0.15) is 6.42 Å². The van der Waals surface area contributed by atoms with Gasteiger partial charge in [0.05, 0.1) is 13.2 Å². The average Bonchev–Trinajstić information content (AvgIpc) is 2.31. The Hall–Kier alpha value is -1.43. The molecule has 0 bridgehead atoms. The summed E-state index contributed by atoms with van der Waals surface area (Å²) in [7, 11) is 0. The quantitative estimate of drug-likeness (QED) is 0.630. The first-order chi connectivity index (χ1) is 8.60. The highest BCUT2D eigenvalue weighted by Crippen LogP contribution is 2.02. The first-order valence-electron chi connectivity index (χ1n) is 5.46. The van der Waals surface area contributed by atoms with Crippen LogP contribution >= 0.6 is 15.9 Å². The van der Waals surface area contributed by atoms with Gasteiger partial charge in [0.2, 0.25) is 0 Å². The topological polar surface area (TPSA) is 65.5 Å². The minimum atomic E-state index is -0.536. The van der Waals surface area contributed by atoms with Crippen LogP contribution in [0.5, 0.6) is 0 Å². The van der Waals surface area contributed by atoms with E-state index < -0.39 is 11.9 Å². The van der Waals surface area contributed by atoms with Gasteiger partial charge in [0.15, 0.2) is 0 Å². The normalized spacial score (nSPS) is 8.83. The Kier molecular flexibility index (Phi) is 9.86. The van der Waals surface area contributed by atoms with Crippen LogP contribution in [0.2, 0.25) is 0 Å². The average molecular weight is 318 g/mol. The lowest BCUT2D eigenvalue weighted by Gasteiger charge is -2.00. The minimum Gasteiger partial charge on any atom is -0.466 e. The molecular formula is C12H16BrNO4. The molecule has 1 aromatic rings. The highest BCUT2D eigenvalue weighted by atomic mass is 79.9. The van der Waals surface area contributed by atoms with Gasteiger partial charge in [-0.25, -0.2) is 0 Å². The number of carbonyl (C=O) groups is 2. The Labute approximate surface area is 115 Å². The van der Waals surface area contributed by atoms with Gasteiger partial charge in [-0.2, -0.15) is 0 Å². The van der Waals surface area contributed by atoms with Crippen molar-refractivity contribution in [3.63, 3.8) is 0 Å². The molecule has 0 amide bonds. The zero-order valence-corrected chi connectivity index (χ0v) is 12.0. The molecule has 0 radical (unpaired) electrons. The fourth-order valence-electron chi connectivity index (χ4n) is 0.884. The van der Waals surface area contributed by atoms with Crippen LogP contribution in [0.25, 0.3) is 0 Å². The van der Waals surface area contributed by atoms with Crippen molar-refractivity contribution in [2.75, 3.05) is 13.2 Å². The minimum absolute atomic E-state index is 0.290. The van der Waals surface area contributed by atoms with Crippen LogP contribution in [0.4, 0.5) is 0 Å². The fourth-order valence-corrected chi connectivity index (χ4v) is 1.15. The molecule has 6 heteroatoms. The van der Waals surface area contributed by atoms with Crippen LogP contribution in [0.1, 0.15) is 20.3 Å². The lowest BCUT2D eigenvalue weighted by atomic mass is 10.4. The second kappa shape index (κ2) is 10.7. The zero-order valence-electron chi connectivity index (χ0n) is 10.4. The van der Waals surface area contributed by atoms with E-state index in [0.717, 1.165) is 4.47 Å². The number of ether oxygens (including phenoxy) is 2. The van der Waals surface area contributed by atoms with E-state index in [0.29, 0.717) is 0 Å². The summed E-state index contributed by atoms with van der Waals surface area (Å²) in [6.45, 7) is 3.95. The third-order valence-corrected chi connectivity index (χ3v) is 1.99. The number of pyridine rings is 1. The Morgan fingerprint density at radius 1 is 1.22 bits per heavy atom. The predicted octanol–water partition coefficient (Wildman–Crippen LogP) is 2.35.